The van der Waals surface area contributed by atoms with Crippen LogP contribution >= 0.6 is 0 Å². The van der Waals surface area contributed by atoms with Crippen LogP contribution in [0.2, 0.25) is 0 Å². The molecule has 0 amide bonds. The number of aliphatic carboxylic acids is 1. The summed E-state index contributed by atoms with van der Waals surface area (Å²) in [5.74, 6) is -1.79. The molecule has 6 nitrogen and oxygen atoms in total. The first-order valence-corrected chi connectivity index (χ1v) is 7.56. The lowest BCUT2D eigenvalue weighted by Gasteiger charge is -2.04. The van der Waals surface area contributed by atoms with Crippen molar-refractivity contribution in [3.05, 3.63) is 6.92 Å². The van der Waals surface area contributed by atoms with Crippen LogP contribution in [0.25, 0.3) is 0 Å². The van der Waals surface area contributed by atoms with Crippen molar-refractivity contribution in [3.8, 4) is 0 Å². The maximum absolute atomic E-state index is 11.4. The molecule has 0 bridgehead atoms. The van der Waals surface area contributed by atoms with Crippen LogP contribution in [-0.4, -0.2) is 35.2 Å². The summed E-state index contributed by atoms with van der Waals surface area (Å²) >= 11 is 0. The summed E-state index contributed by atoms with van der Waals surface area (Å²) in [5.41, 5.74) is 0. The van der Waals surface area contributed by atoms with E-state index in [4.69, 9.17) is 16.8 Å². The number of rotatable bonds is 14. The van der Waals surface area contributed by atoms with Crippen molar-refractivity contribution in [2.45, 2.75) is 64.2 Å². The number of carbonyl (C=O) groups excluding carboxylic acids is 3. The van der Waals surface area contributed by atoms with Gasteiger partial charge in [-0.1, -0.05) is 6.42 Å². The topological polar surface area (TPSA) is 97.7 Å². The van der Waals surface area contributed by atoms with Crippen LogP contribution in [0.1, 0.15) is 64.2 Å². The van der Waals surface area contributed by atoms with E-state index in [1.165, 1.54) is 0 Å². The highest BCUT2D eigenvalue weighted by molar-refractivity contribution is 5.95. The molecule has 0 aliphatic heterocycles. The van der Waals surface area contributed by atoms with E-state index in [0.29, 0.717) is 32.1 Å². The van der Waals surface area contributed by atoms with Crippen LogP contribution in [0, 0.1) is 6.92 Å². The molecule has 1 N–H and O–H groups in total. The first-order chi connectivity index (χ1) is 10.5. The number of carboxylic acid groups (broad SMARTS) is 1. The Morgan fingerprint density at radius 1 is 0.818 bits per heavy atom. The Hall–Kier alpha value is -1.72. The lowest BCUT2D eigenvalue weighted by molar-refractivity contribution is -0.146. The molecule has 0 unspecified atom stereocenters. The molecule has 22 heavy (non-hydrogen) atoms. The van der Waals surface area contributed by atoms with Crippen molar-refractivity contribution in [2.24, 2.45) is 0 Å². The number of unbranched alkanes of at least 4 members (excludes halogenated alkanes) is 3. The summed E-state index contributed by atoms with van der Waals surface area (Å²) in [6, 6.07) is 0. The first-order valence-electron chi connectivity index (χ1n) is 7.56. The minimum absolute atomic E-state index is 0.0341. The third-order valence-corrected chi connectivity index (χ3v) is 2.98. The van der Waals surface area contributed by atoms with E-state index >= 15 is 0 Å². The number of carbonyl (C=O) groups is 4. The first kappa shape index (κ1) is 20.3. The zero-order valence-corrected chi connectivity index (χ0v) is 12.8. The molecule has 0 aromatic heterocycles. The summed E-state index contributed by atoms with van der Waals surface area (Å²) in [6.45, 7) is 5.48. The van der Waals surface area contributed by atoms with Crippen LogP contribution in [0.4, 0.5) is 0 Å². The number of ketones is 2. The lowest BCUT2D eigenvalue weighted by atomic mass is 10.1. The molecular weight excluding hydrogens is 288 g/mol. The monoisotopic (exact) mass is 312 g/mol. The summed E-state index contributed by atoms with van der Waals surface area (Å²) in [6.07, 6.45) is 3.31. The smallest absolute Gasteiger partial charge is 0.313 e. The molecular formula is C16H24O6. The zero-order chi connectivity index (χ0) is 16.8. The molecule has 0 heterocycles. The van der Waals surface area contributed by atoms with Crippen LogP contribution in [0.15, 0.2) is 0 Å². The minimum atomic E-state index is -0.988. The predicted molar refractivity (Wildman–Crippen MR) is 79.1 cm³/mol. The largest absolute Gasteiger partial charge is 0.481 e. The van der Waals surface area contributed by atoms with Crippen molar-refractivity contribution >= 4 is 23.5 Å². The van der Waals surface area contributed by atoms with E-state index in [1.807, 2.05) is 0 Å². The second-order valence-electron chi connectivity index (χ2n) is 5.07. The molecule has 0 saturated heterocycles. The summed E-state index contributed by atoms with van der Waals surface area (Å²) in [4.78, 5) is 44.3. The maximum Gasteiger partial charge on any atom is 0.313 e. The van der Waals surface area contributed by atoms with E-state index in [2.05, 4.69) is 0 Å². The highest BCUT2D eigenvalue weighted by Gasteiger charge is 2.10. The van der Waals surface area contributed by atoms with Crippen LogP contribution in [0.3, 0.4) is 0 Å². The van der Waals surface area contributed by atoms with E-state index in [0.717, 1.165) is 6.42 Å². The number of ether oxygens (including phenoxy) is 1. The van der Waals surface area contributed by atoms with Gasteiger partial charge in [0.2, 0.25) is 0 Å². The SMILES string of the molecule is [CH]CCCCC(=O)CC(=O)OCCCCC(=O)CCC(=O)O. The Bertz CT molecular complexity index is 375. The fraction of sp³-hybridized carbons (Fsp3) is 0.688. The number of carboxylic acids is 1. The normalized spacial score (nSPS) is 10.2. The van der Waals surface area contributed by atoms with Crippen LogP contribution in [-0.2, 0) is 23.9 Å². The lowest BCUT2D eigenvalue weighted by Crippen LogP contribution is -2.12. The van der Waals surface area contributed by atoms with Crippen LogP contribution < -0.4 is 0 Å². The summed E-state index contributed by atoms with van der Waals surface area (Å²) in [7, 11) is 0. The molecule has 124 valence electrons. The van der Waals surface area contributed by atoms with Crippen molar-refractivity contribution in [1.29, 1.82) is 0 Å². The van der Waals surface area contributed by atoms with Crippen molar-refractivity contribution in [2.75, 3.05) is 6.61 Å². The number of hydrogen-bond donors (Lipinski definition) is 1. The van der Waals surface area contributed by atoms with Gasteiger partial charge in [-0.3, -0.25) is 19.2 Å². The highest BCUT2D eigenvalue weighted by atomic mass is 16.5. The second kappa shape index (κ2) is 13.0. The van der Waals surface area contributed by atoms with Gasteiger partial charge in [-0.05, 0) is 32.6 Å². The Morgan fingerprint density at radius 3 is 2.09 bits per heavy atom. The van der Waals surface area contributed by atoms with Gasteiger partial charge >= 0.3 is 11.9 Å². The molecule has 0 fully saturated rings. The third-order valence-electron chi connectivity index (χ3n) is 2.98. The molecule has 0 spiro atoms. The van der Waals surface area contributed by atoms with Gasteiger partial charge in [-0.25, -0.2) is 0 Å². The van der Waals surface area contributed by atoms with Gasteiger partial charge in [0, 0.05) is 19.3 Å². The second-order valence-corrected chi connectivity index (χ2v) is 5.07. The van der Waals surface area contributed by atoms with Gasteiger partial charge in [0.1, 0.15) is 18.0 Å². The average Bonchev–Trinajstić information content (AvgIpc) is 2.45. The van der Waals surface area contributed by atoms with Crippen molar-refractivity contribution in [1.82, 2.24) is 0 Å². The van der Waals surface area contributed by atoms with E-state index in [-0.39, 0.29) is 43.9 Å². The Morgan fingerprint density at radius 2 is 1.45 bits per heavy atom. The Labute approximate surface area is 131 Å². The Kier molecular flexibility index (Phi) is 12.0. The summed E-state index contributed by atoms with van der Waals surface area (Å²) in [5, 5.41) is 8.43. The maximum atomic E-state index is 11.4. The fourth-order valence-corrected chi connectivity index (χ4v) is 1.75. The molecule has 0 saturated carbocycles. The molecule has 0 aromatic carbocycles. The van der Waals surface area contributed by atoms with Gasteiger partial charge in [-0.15, -0.1) is 0 Å². The predicted octanol–water partition coefficient (Wildman–Crippen LogP) is 2.36. The van der Waals surface area contributed by atoms with Gasteiger partial charge in [0.25, 0.3) is 0 Å². The third kappa shape index (κ3) is 13.3. The van der Waals surface area contributed by atoms with Crippen molar-refractivity contribution in [3.63, 3.8) is 0 Å². The number of hydrogen-bond acceptors (Lipinski definition) is 5. The number of esters is 1. The highest BCUT2D eigenvalue weighted by Crippen LogP contribution is 2.05. The standard InChI is InChI=1S/C16H24O6/c1-2-3-4-8-14(18)12-16(21)22-11-6-5-7-13(17)9-10-15(19)20/h1H,2-12H2,(H,19,20). The van der Waals surface area contributed by atoms with E-state index < -0.39 is 11.9 Å². The molecule has 6 heteroatoms. The van der Waals surface area contributed by atoms with Gasteiger partial charge < -0.3 is 9.84 Å². The zero-order valence-electron chi connectivity index (χ0n) is 12.8. The summed E-state index contributed by atoms with van der Waals surface area (Å²) < 4.78 is 4.91. The molecule has 0 aromatic rings. The molecule has 0 atom stereocenters. The van der Waals surface area contributed by atoms with Crippen LogP contribution in [0.5, 0.6) is 0 Å². The minimum Gasteiger partial charge on any atom is -0.481 e. The van der Waals surface area contributed by atoms with Gasteiger partial charge in [-0.2, -0.15) is 0 Å². The van der Waals surface area contributed by atoms with Gasteiger partial charge in [0.15, 0.2) is 0 Å². The van der Waals surface area contributed by atoms with Gasteiger partial charge in [0.05, 0.1) is 13.0 Å². The molecule has 2 radical (unpaired) electrons. The quantitative estimate of drug-likeness (QED) is 0.300. The average molecular weight is 312 g/mol. The molecule has 0 aliphatic carbocycles. The van der Waals surface area contributed by atoms with E-state index in [9.17, 15) is 19.2 Å². The number of Topliss-reactive ketones (excluding diaryl/α,β-unsaturated/α-hetero) is 2. The molecule has 0 aliphatic rings. The fourth-order valence-electron chi connectivity index (χ4n) is 1.75. The van der Waals surface area contributed by atoms with Crippen molar-refractivity contribution < 1.29 is 29.0 Å². The Balaban J connectivity index is 3.54. The van der Waals surface area contributed by atoms with E-state index in [1.54, 1.807) is 0 Å². The molecule has 0 rings (SSSR count).